The van der Waals surface area contributed by atoms with Gasteiger partial charge in [0.25, 0.3) is 0 Å². The van der Waals surface area contributed by atoms with Crippen molar-refractivity contribution in [3.8, 4) is 11.5 Å². The first-order valence-corrected chi connectivity index (χ1v) is 6.82. The van der Waals surface area contributed by atoms with Gasteiger partial charge >= 0.3 is 0 Å². The van der Waals surface area contributed by atoms with E-state index in [-0.39, 0.29) is 0 Å². The summed E-state index contributed by atoms with van der Waals surface area (Å²) in [6.45, 7) is 4.82. The van der Waals surface area contributed by atoms with Crippen molar-refractivity contribution >= 4 is 17.3 Å². The second-order valence-electron chi connectivity index (χ2n) is 4.61. The van der Waals surface area contributed by atoms with Crippen molar-refractivity contribution in [2.24, 2.45) is 0 Å². The van der Waals surface area contributed by atoms with Gasteiger partial charge < -0.3 is 15.2 Å². The maximum absolute atomic E-state index is 6.11. The van der Waals surface area contributed by atoms with Gasteiger partial charge in [-0.2, -0.15) is 0 Å². The highest BCUT2D eigenvalue weighted by molar-refractivity contribution is 6.32. The lowest BCUT2D eigenvalue weighted by atomic mass is 10.1. The molecule has 0 unspecified atom stereocenters. The van der Waals surface area contributed by atoms with Gasteiger partial charge in [0, 0.05) is 5.02 Å². The Bertz CT molecular complexity index is 576. The molecule has 0 amide bonds. The number of para-hydroxylation sites is 2. The first-order chi connectivity index (χ1) is 9.58. The molecule has 106 valence electrons. The van der Waals surface area contributed by atoms with Gasteiger partial charge in [-0.1, -0.05) is 23.7 Å². The third kappa shape index (κ3) is 3.58. The molecule has 0 spiro atoms. The van der Waals surface area contributed by atoms with Crippen LogP contribution in [0.3, 0.4) is 0 Å². The molecule has 2 aromatic carbocycles. The van der Waals surface area contributed by atoms with E-state index < -0.39 is 0 Å². The van der Waals surface area contributed by atoms with E-state index in [1.54, 1.807) is 0 Å². The number of benzene rings is 2. The van der Waals surface area contributed by atoms with E-state index in [9.17, 15) is 0 Å². The second-order valence-corrected chi connectivity index (χ2v) is 4.98. The zero-order valence-electron chi connectivity index (χ0n) is 11.7. The Hall–Kier alpha value is -1.87. The summed E-state index contributed by atoms with van der Waals surface area (Å²) in [4.78, 5) is 0. The van der Waals surface area contributed by atoms with Crippen molar-refractivity contribution in [2.75, 3.05) is 18.9 Å². The molecule has 0 aliphatic carbocycles. The smallest absolute Gasteiger partial charge is 0.142 e. The Balaban J connectivity index is 1.86. The van der Waals surface area contributed by atoms with Gasteiger partial charge in [-0.05, 0) is 49.2 Å². The van der Waals surface area contributed by atoms with Gasteiger partial charge in [0.15, 0.2) is 0 Å². The number of rotatable bonds is 5. The predicted octanol–water partition coefficient (Wildman–Crippen LogP) is 4.00. The molecule has 20 heavy (non-hydrogen) atoms. The lowest BCUT2D eigenvalue weighted by Gasteiger charge is -2.11. The van der Waals surface area contributed by atoms with Crippen LogP contribution in [0.5, 0.6) is 11.5 Å². The topological polar surface area (TPSA) is 44.5 Å². The zero-order chi connectivity index (χ0) is 14.5. The van der Waals surface area contributed by atoms with Crippen molar-refractivity contribution in [3.05, 3.63) is 52.5 Å². The molecule has 0 bridgehead atoms. The molecule has 0 heterocycles. The van der Waals surface area contributed by atoms with Crippen LogP contribution in [-0.2, 0) is 0 Å². The van der Waals surface area contributed by atoms with E-state index in [4.69, 9.17) is 26.8 Å². The minimum absolute atomic E-state index is 0.439. The Morgan fingerprint density at radius 1 is 1.00 bits per heavy atom. The summed E-state index contributed by atoms with van der Waals surface area (Å²) >= 11 is 6.11. The predicted molar refractivity (Wildman–Crippen MR) is 82.8 cm³/mol. The molecular weight excluding hydrogens is 274 g/mol. The van der Waals surface area contributed by atoms with E-state index in [1.807, 2.05) is 50.2 Å². The summed E-state index contributed by atoms with van der Waals surface area (Å²) in [6.07, 6.45) is 0. The van der Waals surface area contributed by atoms with Crippen molar-refractivity contribution in [1.82, 2.24) is 0 Å². The number of aryl methyl sites for hydroxylation is 2. The van der Waals surface area contributed by atoms with Gasteiger partial charge in [-0.15, -0.1) is 0 Å². The highest BCUT2D eigenvalue weighted by Gasteiger charge is 2.04. The van der Waals surface area contributed by atoms with Crippen LogP contribution >= 0.6 is 11.6 Å². The molecule has 0 radical (unpaired) electrons. The Kier molecular flexibility index (Phi) is 4.74. The molecule has 0 fully saturated rings. The van der Waals surface area contributed by atoms with Gasteiger partial charge in [-0.3, -0.25) is 0 Å². The molecule has 0 atom stereocenters. The summed E-state index contributed by atoms with van der Waals surface area (Å²) in [7, 11) is 0. The highest BCUT2D eigenvalue weighted by Crippen LogP contribution is 2.26. The summed E-state index contributed by atoms with van der Waals surface area (Å²) in [6, 6.07) is 11.3. The highest BCUT2D eigenvalue weighted by atomic mass is 35.5. The molecule has 3 nitrogen and oxygen atoms in total. The maximum atomic E-state index is 6.11. The van der Waals surface area contributed by atoms with Gasteiger partial charge in [-0.25, -0.2) is 0 Å². The third-order valence-electron chi connectivity index (χ3n) is 2.94. The molecular formula is C16H18ClNO2. The van der Waals surface area contributed by atoms with Crippen molar-refractivity contribution in [1.29, 1.82) is 0 Å². The van der Waals surface area contributed by atoms with Crippen molar-refractivity contribution < 1.29 is 9.47 Å². The lowest BCUT2D eigenvalue weighted by Crippen LogP contribution is -2.10. The van der Waals surface area contributed by atoms with Crippen LogP contribution in [0.4, 0.5) is 5.69 Å². The SMILES string of the molecule is Cc1cc(OCCOc2ccccc2N)cc(C)c1Cl. The van der Waals surface area contributed by atoms with Gasteiger partial charge in [0.1, 0.15) is 24.7 Å². The minimum atomic E-state index is 0.439. The molecule has 4 heteroatoms. The van der Waals surface area contributed by atoms with Gasteiger partial charge in [0.2, 0.25) is 0 Å². The van der Waals surface area contributed by atoms with Crippen LogP contribution in [0.25, 0.3) is 0 Å². The number of halogens is 1. The number of hydrogen-bond acceptors (Lipinski definition) is 3. The number of hydrogen-bond donors (Lipinski definition) is 1. The molecule has 0 saturated heterocycles. The number of anilines is 1. The number of nitrogen functional groups attached to an aromatic ring is 1. The van der Waals surface area contributed by atoms with E-state index >= 15 is 0 Å². The van der Waals surface area contributed by atoms with Crippen LogP contribution in [0, 0.1) is 13.8 Å². The first kappa shape index (κ1) is 14.5. The Morgan fingerprint density at radius 3 is 2.25 bits per heavy atom. The van der Waals surface area contributed by atoms with Crippen molar-refractivity contribution in [3.63, 3.8) is 0 Å². The molecule has 2 rings (SSSR count). The van der Waals surface area contributed by atoms with Crippen LogP contribution in [0.15, 0.2) is 36.4 Å². The first-order valence-electron chi connectivity index (χ1n) is 6.45. The molecule has 2 N–H and O–H groups in total. The second kappa shape index (κ2) is 6.53. The average Bonchev–Trinajstić information content (AvgIpc) is 2.42. The zero-order valence-corrected chi connectivity index (χ0v) is 12.4. The third-order valence-corrected chi connectivity index (χ3v) is 3.53. The van der Waals surface area contributed by atoms with E-state index in [1.165, 1.54) is 0 Å². The summed E-state index contributed by atoms with van der Waals surface area (Å²) in [5.74, 6) is 1.48. The van der Waals surface area contributed by atoms with Crippen LogP contribution in [0.2, 0.25) is 5.02 Å². The van der Waals surface area contributed by atoms with Crippen LogP contribution in [0.1, 0.15) is 11.1 Å². The number of ether oxygens (including phenoxy) is 2. The molecule has 0 aliphatic heterocycles. The van der Waals surface area contributed by atoms with Crippen molar-refractivity contribution in [2.45, 2.75) is 13.8 Å². The number of nitrogens with two attached hydrogens (primary N) is 1. The summed E-state index contributed by atoms with van der Waals surface area (Å²) < 4.78 is 11.2. The van der Waals surface area contributed by atoms with Gasteiger partial charge in [0.05, 0.1) is 5.69 Å². The molecule has 0 aliphatic rings. The quantitative estimate of drug-likeness (QED) is 0.669. The Labute approximate surface area is 124 Å². The van der Waals surface area contributed by atoms with E-state index in [0.717, 1.165) is 21.9 Å². The fourth-order valence-corrected chi connectivity index (χ4v) is 2.02. The Morgan fingerprint density at radius 2 is 1.60 bits per heavy atom. The maximum Gasteiger partial charge on any atom is 0.142 e. The van der Waals surface area contributed by atoms with Crippen LogP contribution in [-0.4, -0.2) is 13.2 Å². The lowest BCUT2D eigenvalue weighted by molar-refractivity contribution is 0.218. The van der Waals surface area contributed by atoms with E-state index in [2.05, 4.69) is 0 Å². The normalized spacial score (nSPS) is 10.3. The average molecular weight is 292 g/mol. The molecule has 2 aromatic rings. The molecule has 0 aromatic heterocycles. The van der Waals surface area contributed by atoms with E-state index in [0.29, 0.717) is 24.7 Å². The summed E-state index contributed by atoms with van der Waals surface area (Å²) in [5, 5.41) is 0.783. The summed E-state index contributed by atoms with van der Waals surface area (Å²) in [5.41, 5.74) is 8.44. The minimum Gasteiger partial charge on any atom is -0.490 e. The monoisotopic (exact) mass is 291 g/mol. The molecule has 0 saturated carbocycles. The van der Waals surface area contributed by atoms with Crippen LogP contribution < -0.4 is 15.2 Å². The standard InChI is InChI=1S/C16H18ClNO2/c1-11-9-13(10-12(2)16(11)17)19-7-8-20-15-6-4-3-5-14(15)18/h3-6,9-10H,7-8,18H2,1-2H3. The fraction of sp³-hybridized carbons (Fsp3) is 0.250. The fourth-order valence-electron chi connectivity index (χ4n) is 1.91. The largest absolute Gasteiger partial charge is 0.490 e.